The highest BCUT2D eigenvalue weighted by atomic mass is 16.5. The fourth-order valence-electron chi connectivity index (χ4n) is 1.79. The predicted molar refractivity (Wildman–Crippen MR) is 73.4 cm³/mol. The van der Waals surface area contributed by atoms with Crippen LogP contribution in [0.4, 0.5) is 5.82 Å². The number of fused-ring (bicyclic) bond motifs is 1. The molecule has 2 rings (SSSR count). The van der Waals surface area contributed by atoms with E-state index in [4.69, 9.17) is 4.74 Å². The lowest BCUT2D eigenvalue weighted by atomic mass is 10.4. The Labute approximate surface area is 112 Å². The quantitative estimate of drug-likeness (QED) is 0.782. The zero-order chi connectivity index (χ0) is 13.7. The molecular weight excluding hydrogens is 244 g/mol. The van der Waals surface area contributed by atoms with E-state index in [1.165, 1.54) is 6.33 Å². The van der Waals surface area contributed by atoms with Gasteiger partial charge in [0.05, 0.1) is 6.61 Å². The molecule has 7 heteroatoms. The van der Waals surface area contributed by atoms with Crippen molar-refractivity contribution in [1.82, 2.24) is 24.5 Å². The van der Waals surface area contributed by atoms with E-state index in [0.29, 0.717) is 5.78 Å². The maximum absolute atomic E-state index is 5.05. The van der Waals surface area contributed by atoms with Crippen molar-refractivity contribution in [2.75, 3.05) is 45.7 Å². The van der Waals surface area contributed by atoms with Crippen LogP contribution in [0.3, 0.4) is 0 Å². The maximum atomic E-state index is 5.05. The molecule has 0 radical (unpaired) electrons. The Morgan fingerprint density at radius 2 is 2.26 bits per heavy atom. The van der Waals surface area contributed by atoms with Gasteiger partial charge < -0.3 is 15.0 Å². The summed E-state index contributed by atoms with van der Waals surface area (Å²) in [5, 5.41) is 7.51. The third-order valence-electron chi connectivity index (χ3n) is 2.86. The van der Waals surface area contributed by atoms with Crippen molar-refractivity contribution in [3.8, 4) is 0 Å². The molecular formula is C12H20N6O. The summed E-state index contributed by atoms with van der Waals surface area (Å²) < 4.78 is 6.76. The Balaban J connectivity index is 1.92. The number of aromatic nitrogens is 4. The molecule has 2 aromatic heterocycles. The molecule has 0 fully saturated rings. The van der Waals surface area contributed by atoms with Crippen LogP contribution in [0.15, 0.2) is 12.4 Å². The summed E-state index contributed by atoms with van der Waals surface area (Å²) in [6.45, 7) is 5.38. The fraction of sp³-hybridized carbons (Fsp3) is 0.583. The molecule has 0 aromatic carbocycles. The van der Waals surface area contributed by atoms with E-state index in [1.54, 1.807) is 11.6 Å². The van der Waals surface area contributed by atoms with E-state index in [2.05, 4.69) is 32.3 Å². The lowest BCUT2D eigenvalue weighted by Crippen LogP contribution is -2.28. The van der Waals surface area contributed by atoms with Crippen LogP contribution < -0.4 is 5.32 Å². The molecule has 0 unspecified atom stereocenters. The van der Waals surface area contributed by atoms with Crippen molar-refractivity contribution in [2.45, 2.75) is 6.92 Å². The number of hydrogen-bond acceptors (Lipinski definition) is 6. The molecule has 0 saturated heterocycles. The smallest absolute Gasteiger partial charge is 0.254 e. The minimum atomic E-state index is 0.621. The highest BCUT2D eigenvalue weighted by Gasteiger charge is 2.05. The summed E-state index contributed by atoms with van der Waals surface area (Å²) in [7, 11) is 3.79. The van der Waals surface area contributed by atoms with Crippen molar-refractivity contribution in [3.05, 3.63) is 18.1 Å². The van der Waals surface area contributed by atoms with Crippen LogP contribution in [0.5, 0.6) is 0 Å². The fourth-order valence-corrected chi connectivity index (χ4v) is 1.79. The SMILES string of the molecule is COCCN(C)CCNc1cc(C)nc2ncnn12. The van der Waals surface area contributed by atoms with Gasteiger partial charge in [-0.15, -0.1) is 0 Å². The number of likely N-dealkylation sites (N-methyl/N-ethyl adjacent to an activating group) is 1. The standard InChI is InChI=1S/C12H20N6O/c1-10-8-11(18-12(16-10)14-9-15-18)13-4-5-17(2)6-7-19-3/h8-9,13H,4-7H2,1-3H3. The van der Waals surface area contributed by atoms with Crippen molar-refractivity contribution >= 4 is 11.6 Å². The van der Waals surface area contributed by atoms with Crippen molar-refractivity contribution < 1.29 is 4.74 Å². The first-order valence-electron chi connectivity index (χ1n) is 6.29. The molecule has 104 valence electrons. The lowest BCUT2D eigenvalue weighted by molar-refractivity contribution is 0.163. The van der Waals surface area contributed by atoms with Gasteiger partial charge in [0, 0.05) is 38.5 Å². The van der Waals surface area contributed by atoms with Gasteiger partial charge in [0.15, 0.2) is 0 Å². The molecule has 0 spiro atoms. The Morgan fingerprint density at radius 1 is 1.42 bits per heavy atom. The first kappa shape index (κ1) is 13.7. The molecule has 2 heterocycles. The Bertz CT molecular complexity index is 526. The largest absolute Gasteiger partial charge is 0.383 e. The maximum Gasteiger partial charge on any atom is 0.254 e. The van der Waals surface area contributed by atoms with E-state index in [9.17, 15) is 0 Å². The average Bonchev–Trinajstić information content (AvgIpc) is 2.84. The summed E-state index contributed by atoms with van der Waals surface area (Å²) in [5.41, 5.74) is 0.927. The molecule has 1 N–H and O–H groups in total. The first-order chi connectivity index (χ1) is 9.20. The molecule has 0 amide bonds. The second kappa shape index (κ2) is 6.44. The zero-order valence-corrected chi connectivity index (χ0v) is 11.6. The first-order valence-corrected chi connectivity index (χ1v) is 6.29. The highest BCUT2D eigenvalue weighted by molar-refractivity contribution is 5.44. The molecule has 0 aliphatic carbocycles. The molecule has 0 aliphatic heterocycles. The van der Waals surface area contributed by atoms with E-state index >= 15 is 0 Å². The summed E-state index contributed by atoms with van der Waals surface area (Å²) in [5.74, 6) is 1.54. The summed E-state index contributed by atoms with van der Waals surface area (Å²) in [4.78, 5) is 10.6. The van der Waals surface area contributed by atoms with Crippen LogP contribution in [0, 0.1) is 6.92 Å². The number of ether oxygens (including phenoxy) is 1. The molecule has 0 saturated carbocycles. The third-order valence-corrected chi connectivity index (χ3v) is 2.86. The summed E-state index contributed by atoms with van der Waals surface area (Å²) in [6.07, 6.45) is 1.51. The van der Waals surface area contributed by atoms with Gasteiger partial charge in [-0.05, 0) is 14.0 Å². The number of nitrogens with one attached hydrogen (secondary N) is 1. The molecule has 2 aromatic rings. The zero-order valence-electron chi connectivity index (χ0n) is 11.6. The van der Waals surface area contributed by atoms with Gasteiger partial charge in [-0.2, -0.15) is 14.6 Å². The molecule has 0 bridgehead atoms. The van der Waals surface area contributed by atoms with E-state index < -0.39 is 0 Å². The number of rotatable bonds is 7. The monoisotopic (exact) mass is 264 g/mol. The Hall–Kier alpha value is -1.73. The highest BCUT2D eigenvalue weighted by Crippen LogP contribution is 2.09. The van der Waals surface area contributed by atoms with Crippen LogP contribution in [0.1, 0.15) is 5.69 Å². The van der Waals surface area contributed by atoms with Gasteiger partial charge in [-0.1, -0.05) is 0 Å². The van der Waals surface area contributed by atoms with Crippen LogP contribution >= 0.6 is 0 Å². The van der Waals surface area contributed by atoms with Crippen LogP contribution in [0.25, 0.3) is 5.78 Å². The van der Waals surface area contributed by atoms with E-state index in [1.807, 2.05) is 13.0 Å². The van der Waals surface area contributed by atoms with E-state index in [-0.39, 0.29) is 0 Å². The van der Waals surface area contributed by atoms with Gasteiger partial charge in [0.25, 0.3) is 5.78 Å². The van der Waals surface area contributed by atoms with Crippen molar-refractivity contribution in [2.24, 2.45) is 0 Å². The van der Waals surface area contributed by atoms with Crippen LogP contribution in [-0.2, 0) is 4.74 Å². The van der Waals surface area contributed by atoms with Gasteiger partial charge in [0.2, 0.25) is 0 Å². The van der Waals surface area contributed by atoms with Gasteiger partial charge in [-0.25, -0.2) is 4.98 Å². The normalized spacial score (nSPS) is 11.4. The van der Waals surface area contributed by atoms with E-state index in [0.717, 1.165) is 37.8 Å². The Morgan fingerprint density at radius 3 is 3.05 bits per heavy atom. The van der Waals surface area contributed by atoms with Crippen molar-refractivity contribution in [1.29, 1.82) is 0 Å². The van der Waals surface area contributed by atoms with Gasteiger partial charge >= 0.3 is 0 Å². The lowest BCUT2D eigenvalue weighted by Gasteiger charge is -2.16. The molecule has 0 atom stereocenters. The molecule has 19 heavy (non-hydrogen) atoms. The molecule has 0 aliphatic rings. The number of methoxy groups -OCH3 is 1. The number of anilines is 1. The minimum Gasteiger partial charge on any atom is -0.383 e. The van der Waals surface area contributed by atoms with Crippen LogP contribution in [-0.4, -0.2) is 64.9 Å². The average molecular weight is 264 g/mol. The topological polar surface area (TPSA) is 67.6 Å². The Kier molecular flexibility index (Phi) is 4.64. The van der Waals surface area contributed by atoms with Gasteiger partial charge in [-0.3, -0.25) is 0 Å². The second-order valence-electron chi connectivity index (χ2n) is 4.48. The summed E-state index contributed by atoms with van der Waals surface area (Å²) >= 11 is 0. The minimum absolute atomic E-state index is 0.621. The number of hydrogen-bond donors (Lipinski definition) is 1. The molecule has 7 nitrogen and oxygen atoms in total. The van der Waals surface area contributed by atoms with Crippen LogP contribution in [0.2, 0.25) is 0 Å². The summed E-state index contributed by atoms with van der Waals surface area (Å²) in [6, 6.07) is 1.97. The number of nitrogens with zero attached hydrogens (tertiary/aromatic N) is 5. The second-order valence-corrected chi connectivity index (χ2v) is 4.48. The van der Waals surface area contributed by atoms with Crippen molar-refractivity contribution in [3.63, 3.8) is 0 Å². The predicted octanol–water partition coefficient (Wildman–Crippen LogP) is 0.423. The third kappa shape index (κ3) is 3.62. The van der Waals surface area contributed by atoms with Gasteiger partial charge in [0.1, 0.15) is 12.1 Å². The number of aryl methyl sites for hydroxylation is 1.